The second-order valence-electron chi connectivity index (χ2n) is 6.32. The van der Waals surface area contributed by atoms with Gasteiger partial charge in [0.25, 0.3) is 5.69 Å². The number of anilines is 2. The average molecular weight is 354 g/mol. The van der Waals surface area contributed by atoms with Gasteiger partial charge in [0.15, 0.2) is 0 Å². The smallest absolute Gasteiger partial charge is 0.271 e. The zero-order valence-corrected chi connectivity index (χ0v) is 14.7. The molecule has 0 bridgehead atoms. The van der Waals surface area contributed by atoms with Crippen LogP contribution in [0.3, 0.4) is 0 Å². The lowest BCUT2D eigenvalue weighted by Crippen LogP contribution is -2.52. The highest BCUT2D eigenvalue weighted by atomic mass is 16.6. The molecule has 1 N–H and O–H groups in total. The van der Waals surface area contributed by atoms with E-state index < -0.39 is 11.0 Å². The summed E-state index contributed by atoms with van der Waals surface area (Å²) in [4.78, 5) is 27.2. The molecule has 7 heteroatoms. The van der Waals surface area contributed by atoms with E-state index in [0.717, 1.165) is 13.1 Å². The Morgan fingerprint density at radius 3 is 2.42 bits per heavy atom. The molecule has 0 aromatic heterocycles. The number of non-ortho nitro benzene ring substituents is 1. The molecule has 1 atom stereocenters. The van der Waals surface area contributed by atoms with Crippen molar-refractivity contribution in [2.45, 2.75) is 13.0 Å². The third-order valence-corrected chi connectivity index (χ3v) is 4.52. The standard InChI is InChI=1S/C19H22N4O3/c1-15(20-16-6-5-9-18(14-16)23(25)26)19(24)22-12-10-21(11-13-22)17-7-3-2-4-8-17/h2-9,14-15,20H,10-13H2,1H3/t15-/m1/s1. The van der Waals surface area contributed by atoms with Crippen LogP contribution in [0.4, 0.5) is 17.1 Å². The lowest BCUT2D eigenvalue weighted by molar-refractivity contribution is -0.384. The molecule has 0 saturated carbocycles. The first kappa shape index (κ1) is 17.7. The van der Waals surface area contributed by atoms with E-state index >= 15 is 0 Å². The number of nitro groups is 1. The molecule has 2 aromatic carbocycles. The summed E-state index contributed by atoms with van der Waals surface area (Å²) in [5.41, 5.74) is 1.75. The Kier molecular flexibility index (Phi) is 5.36. The summed E-state index contributed by atoms with van der Waals surface area (Å²) in [6.07, 6.45) is 0. The number of piperazine rings is 1. The maximum atomic E-state index is 12.7. The number of nitrogens with one attached hydrogen (secondary N) is 1. The Morgan fingerprint density at radius 1 is 1.08 bits per heavy atom. The Morgan fingerprint density at radius 2 is 1.77 bits per heavy atom. The van der Waals surface area contributed by atoms with Crippen LogP contribution in [-0.4, -0.2) is 48.0 Å². The van der Waals surface area contributed by atoms with Gasteiger partial charge in [-0.3, -0.25) is 14.9 Å². The van der Waals surface area contributed by atoms with Crippen LogP contribution < -0.4 is 10.2 Å². The van der Waals surface area contributed by atoms with Crippen LogP contribution in [0.2, 0.25) is 0 Å². The number of nitrogens with zero attached hydrogens (tertiary/aromatic N) is 3. The summed E-state index contributed by atoms with van der Waals surface area (Å²) in [6, 6.07) is 15.9. The third kappa shape index (κ3) is 4.11. The lowest BCUT2D eigenvalue weighted by Gasteiger charge is -2.37. The Labute approximate surface area is 152 Å². The number of carbonyl (C=O) groups is 1. The first-order valence-electron chi connectivity index (χ1n) is 8.64. The molecule has 26 heavy (non-hydrogen) atoms. The van der Waals surface area contributed by atoms with Crippen molar-refractivity contribution in [1.82, 2.24) is 4.90 Å². The van der Waals surface area contributed by atoms with Gasteiger partial charge in [0, 0.05) is 49.7 Å². The summed E-state index contributed by atoms with van der Waals surface area (Å²) >= 11 is 0. The zero-order chi connectivity index (χ0) is 18.5. The van der Waals surface area contributed by atoms with E-state index in [1.165, 1.54) is 17.8 Å². The monoisotopic (exact) mass is 354 g/mol. The molecule has 1 amide bonds. The Hall–Kier alpha value is -3.09. The number of rotatable bonds is 5. The Balaban J connectivity index is 1.56. The number of amides is 1. The van der Waals surface area contributed by atoms with Gasteiger partial charge < -0.3 is 15.1 Å². The van der Waals surface area contributed by atoms with Crippen molar-refractivity contribution in [3.05, 3.63) is 64.7 Å². The number of carbonyl (C=O) groups excluding carboxylic acids is 1. The number of hydrogen-bond acceptors (Lipinski definition) is 5. The maximum absolute atomic E-state index is 12.7. The van der Waals surface area contributed by atoms with E-state index in [1.54, 1.807) is 19.1 Å². The second kappa shape index (κ2) is 7.86. The number of nitro benzene ring substituents is 1. The largest absolute Gasteiger partial charge is 0.374 e. The normalized spacial score (nSPS) is 15.4. The topological polar surface area (TPSA) is 78.7 Å². The van der Waals surface area contributed by atoms with Gasteiger partial charge in [0.1, 0.15) is 6.04 Å². The fourth-order valence-electron chi connectivity index (χ4n) is 3.12. The first-order valence-corrected chi connectivity index (χ1v) is 8.64. The van der Waals surface area contributed by atoms with Crippen LogP contribution >= 0.6 is 0 Å². The molecule has 7 nitrogen and oxygen atoms in total. The first-order chi connectivity index (χ1) is 12.5. The minimum Gasteiger partial charge on any atom is -0.374 e. The van der Waals surface area contributed by atoms with Crippen LogP contribution in [0.15, 0.2) is 54.6 Å². The summed E-state index contributed by atoms with van der Waals surface area (Å²) in [6.45, 7) is 4.69. The molecule has 1 saturated heterocycles. The SMILES string of the molecule is C[C@@H](Nc1cccc([N+](=O)[O-])c1)C(=O)N1CCN(c2ccccc2)CC1. The molecule has 0 aliphatic carbocycles. The second-order valence-corrected chi connectivity index (χ2v) is 6.32. The number of hydrogen-bond donors (Lipinski definition) is 1. The molecule has 1 aliphatic heterocycles. The summed E-state index contributed by atoms with van der Waals surface area (Å²) in [7, 11) is 0. The minimum atomic E-state index is -0.444. The van der Waals surface area contributed by atoms with Crippen molar-refractivity contribution in [3.8, 4) is 0 Å². The molecule has 1 aliphatic rings. The Bertz CT molecular complexity index is 773. The lowest BCUT2D eigenvalue weighted by atomic mass is 10.2. The van der Waals surface area contributed by atoms with Crippen molar-refractivity contribution in [1.29, 1.82) is 0 Å². The van der Waals surface area contributed by atoms with Gasteiger partial charge in [-0.15, -0.1) is 0 Å². The van der Waals surface area contributed by atoms with E-state index in [-0.39, 0.29) is 11.6 Å². The molecule has 2 aromatic rings. The number of benzene rings is 2. The molecule has 1 heterocycles. The van der Waals surface area contributed by atoms with Gasteiger partial charge >= 0.3 is 0 Å². The van der Waals surface area contributed by atoms with Gasteiger partial charge in [0.2, 0.25) is 5.91 Å². The van der Waals surface area contributed by atoms with Crippen LogP contribution in [0.25, 0.3) is 0 Å². The molecule has 0 radical (unpaired) electrons. The highest BCUT2D eigenvalue weighted by Crippen LogP contribution is 2.19. The molecule has 1 fully saturated rings. The van der Waals surface area contributed by atoms with Gasteiger partial charge in [-0.1, -0.05) is 24.3 Å². The predicted molar refractivity (Wildman–Crippen MR) is 101 cm³/mol. The van der Waals surface area contributed by atoms with Crippen LogP contribution in [0.5, 0.6) is 0 Å². The van der Waals surface area contributed by atoms with E-state index in [2.05, 4.69) is 22.3 Å². The van der Waals surface area contributed by atoms with Crippen molar-refractivity contribution < 1.29 is 9.72 Å². The zero-order valence-electron chi connectivity index (χ0n) is 14.7. The molecule has 0 spiro atoms. The summed E-state index contributed by atoms with van der Waals surface area (Å²) < 4.78 is 0. The third-order valence-electron chi connectivity index (χ3n) is 4.52. The van der Waals surface area contributed by atoms with E-state index in [1.807, 2.05) is 23.1 Å². The van der Waals surface area contributed by atoms with Gasteiger partial charge in [-0.05, 0) is 25.1 Å². The van der Waals surface area contributed by atoms with Gasteiger partial charge in [0.05, 0.1) is 4.92 Å². The summed E-state index contributed by atoms with van der Waals surface area (Å²) in [5.74, 6) is 0.00391. The van der Waals surface area contributed by atoms with E-state index in [9.17, 15) is 14.9 Å². The molecule has 3 rings (SSSR count). The van der Waals surface area contributed by atoms with Crippen molar-refractivity contribution >= 4 is 23.0 Å². The highest BCUT2D eigenvalue weighted by molar-refractivity contribution is 5.84. The minimum absolute atomic E-state index is 0.00391. The summed E-state index contributed by atoms with van der Waals surface area (Å²) in [5, 5.41) is 13.9. The van der Waals surface area contributed by atoms with Gasteiger partial charge in [-0.2, -0.15) is 0 Å². The maximum Gasteiger partial charge on any atom is 0.271 e. The molecular weight excluding hydrogens is 332 g/mol. The van der Waals surface area contributed by atoms with Gasteiger partial charge in [-0.25, -0.2) is 0 Å². The molecule has 0 unspecified atom stereocenters. The van der Waals surface area contributed by atoms with Crippen molar-refractivity contribution in [2.24, 2.45) is 0 Å². The quantitative estimate of drug-likeness (QED) is 0.660. The van der Waals surface area contributed by atoms with Crippen molar-refractivity contribution in [2.75, 3.05) is 36.4 Å². The predicted octanol–water partition coefficient (Wildman–Crippen LogP) is 2.74. The van der Waals surface area contributed by atoms with Crippen molar-refractivity contribution in [3.63, 3.8) is 0 Å². The fraction of sp³-hybridized carbons (Fsp3) is 0.316. The van der Waals surface area contributed by atoms with E-state index in [4.69, 9.17) is 0 Å². The van der Waals surface area contributed by atoms with Crippen LogP contribution in [-0.2, 0) is 4.79 Å². The average Bonchev–Trinajstić information content (AvgIpc) is 2.68. The van der Waals surface area contributed by atoms with Crippen LogP contribution in [0.1, 0.15) is 6.92 Å². The van der Waals surface area contributed by atoms with E-state index in [0.29, 0.717) is 18.8 Å². The molecular formula is C19H22N4O3. The highest BCUT2D eigenvalue weighted by Gasteiger charge is 2.25. The molecule has 136 valence electrons. The van der Waals surface area contributed by atoms with Crippen LogP contribution in [0, 0.1) is 10.1 Å². The fourth-order valence-corrected chi connectivity index (χ4v) is 3.12. The number of para-hydroxylation sites is 1.